The van der Waals surface area contributed by atoms with E-state index < -0.39 is 0 Å². The second-order valence-electron chi connectivity index (χ2n) is 2.20. The molecule has 0 spiro atoms. The van der Waals surface area contributed by atoms with Crippen molar-refractivity contribution in [2.24, 2.45) is 0 Å². The predicted molar refractivity (Wildman–Crippen MR) is 51.6 cm³/mol. The Balaban J connectivity index is 2.90. The lowest BCUT2D eigenvalue weighted by Crippen LogP contribution is -1.75. The number of hydrogen-bond donors (Lipinski definition) is 0. The molecule has 0 rings (SSSR count). The Kier molecular flexibility index (Phi) is 8.92. The van der Waals surface area contributed by atoms with Gasteiger partial charge in [0, 0.05) is 5.33 Å². The van der Waals surface area contributed by atoms with E-state index in [-0.39, 0.29) is 0 Å². The van der Waals surface area contributed by atoms with E-state index in [9.17, 15) is 0 Å². The molecular weight excluding hydrogens is 188 g/mol. The summed E-state index contributed by atoms with van der Waals surface area (Å²) in [6.45, 7) is 3.60. The zero-order valence-electron chi connectivity index (χ0n) is 6.35. The highest BCUT2D eigenvalue weighted by Gasteiger charge is 1.83. The lowest BCUT2D eigenvalue weighted by molar-refractivity contribution is 0.737. The van der Waals surface area contributed by atoms with E-state index in [0.29, 0.717) is 0 Å². The molecule has 0 amide bonds. The summed E-state index contributed by atoms with van der Waals surface area (Å²) in [6, 6.07) is 0. The van der Waals surface area contributed by atoms with Crippen molar-refractivity contribution in [3.63, 3.8) is 0 Å². The monoisotopic (exact) mass is 202 g/mol. The molecule has 0 fully saturated rings. The van der Waals surface area contributed by atoms with Crippen LogP contribution in [0, 0.1) is 0 Å². The van der Waals surface area contributed by atoms with Crippen LogP contribution in [0.15, 0.2) is 24.8 Å². The minimum Gasteiger partial charge on any atom is -0.0991 e. The molecule has 0 aliphatic rings. The van der Waals surface area contributed by atoms with Gasteiger partial charge >= 0.3 is 0 Å². The van der Waals surface area contributed by atoms with Gasteiger partial charge in [0.1, 0.15) is 0 Å². The second-order valence-corrected chi connectivity index (χ2v) is 3.00. The first-order chi connectivity index (χ1) is 4.91. The SMILES string of the molecule is C=C/C=C/CCCCCBr. The van der Waals surface area contributed by atoms with Crippen LogP contribution in [-0.2, 0) is 0 Å². The predicted octanol–water partition coefficient (Wildman–Crippen LogP) is 3.68. The Hall–Kier alpha value is -0.0400. The van der Waals surface area contributed by atoms with Crippen molar-refractivity contribution in [3.8, 4) is 0 Å². The normalized spacial score (nSPS) is 10.5. The minimum atomic E-state index is 1.14. The fourth-order valence-electron chi connectivity index (χ4n) is 0.726. The van der Waals surface area contributed by atoms with Gasteiger partial charge in [0.25, 0.3) is 0 Å². The smallest absolute Gasteiger partial charge is 0.00313 e. The maximum absolute atomic E-state index is 3.60. The summed E-state index contributed by atoms with van der Waals surface area (Å²) in [5, 5.41) is 1.14. The fourth-order valence-corrected chi connectivity index (χ4v) is 1.12. The average Bonchev–Trinajstić information content (AvgIpc) is 1.97. The van der Waals surface area contributed by atoms with Gasteiger partial charge in [-0.15, -0.1) is 0 Å². The largest absolute Gasteiger partial charge is 0.0991 e. The van der Waals surface area contributed by atoms with Gasteiger partial charge in [-0.1, -0.05) is 47.2 Å². The number of alkyl halides is 1. The number of halogens is 1. The molecule has 0 nitrogen and oxygen atoms in total. The first kappa shape index (κ1) is 9.96. The van der Waals surface area contributed by atoms with Crippen molar-refractivity contribution in [3.05, 3.63) is 24.8 Å². The highest BCUT2D eigenvalue weighted by molar-refractivity contribution is 9.09. The number of unbranched alkanes of at least 4 members (excludes halogenated alkanes) is 3. The third-order valence-electron chi connectivity index (χ3n) is 1.28. The van der Waals surface area contributed by atoms with Gasteiger partial charge in [-0.3, -0.25) is 0 Å². The molecule has 0 aromatic carbocycles. The molecule has 0 bridgehead atoms. The lowest BCUT2D eigenvalue weighted by atomic mass is 10.2. The molecule has 0 saturated carbocycles. The summed E-state index contributed by atoms with van der Waals surface area (Å²) in [7, 11) is 0. The first-order valence-corrected chi connectivity index (χ1v) is 4.87. The third kappa shape index (κ3) is 7.96. The van der Waals surface area contributed by atoms with Gasteiger partial charge in [-0.05, 0) is 19.3 Å². The Bertz CT molecular complexity index is 94.9. The van der Waals surface area contributed by atoms with Crippen LogP contribution >= 0.6 is 15.9 Å². The van der Waals surface area contributed by atoms with Crippen LogP contribution in [0.25, 0.3) is 0 Å². The van der Waals surface area contributed by atoms with E-state index in [0.717, 1.165) is 5.33 Å². The Morgan fingerprint density at radius 3 is 2.60 bits per heavy atom. The maximum atomic E-state index is 3.60. The molecule has 0 heterocycles. The Morgan fingerprint density at radius 2 is 2.00 bits per heavy atom. The van der Waals surface area contributed by atoms with Gasteiger partial charge in [0.15, 0.2) is 0 Å². The van der Waals surface area contributed by atoms with Crippen molar-refractivity contribution < 1.29 is 0 Å². The van der Waals surface area contributed by atoms with Crippen LogP contribution in [0.1, 0.15) is 25.7 Å². The molecule has 0 unspecified atom stereocenters. The van der Waals surface area contributed by atoms with Crippen LogP contribution in [0.2, 0.25) is 0 Å². The van der Waals surface area contributed by atoms with E-state index >= 15 is 0 Å². The molecule has 0 N–H and O–H groups in total. The molecule has 0 aromatic rings. The molecule has 58 valence electrons. The second kappa shape index (κ2) is 8.96. The van der Waals surface area contributed by atoms with Crippen LogP contribution < -0.4 is 0 Å². The summed E-state index contributed by atoms with van der Waals surface area (Å²) in [4.78, 5) is 0. The third-order valence-corrected chi connectivity index (χ3v) is 1.84. The molecule has 0 saturated heterocycles. The summed E-state index contributed by atoms with van der Waals surface area (Å²) in [5.74, 6) is 0. The van der Waals surface area contributed by atoms with E-state index in [2.05, 4.69) is 28.6 Å². The van der Waals surface area contributed by atoms with Gasteiger partial charge in [-0.2, -0.15) is 0 Å². The molecule has 0 aliphatic heterocycles. The number of rotatable bonds is 6. The Morgan fingerprint density at radius 1 is 1.20 bits per heavy atom. The van der Waals surface area contributed by atoms with E-state index in [4.69, 9.17) is 0 Å². The summed E-state index contributed by atoms with van der Waals surface area (Å²) >= 11 is 3.40. The van der Waals surface area contributed by atoms with Crippen molar-refractivity contribution >= 4 is 15.9 Å². The van der Waals surface area contributed by atoms with Crippen LogP contribution in [0.4, 0.5) is 0 Å². The number of allylic oxidation sites excluding steroid dienone is 3. The van der Waals surface area contributed by atoms with Crippen molar-refractivity contribution in [1.29, 1.82) is 0 Å². The van der Waals surface area contributed by atoms with Crippen LogP contribution in [0.3, 0.4) is 0 Å². The quantitative estimate of drug-likeness (QED) is 0.351. The Labute approximate surface area is 72.1 Å². The van der Waals surface area contributed by atoms with Gasteiger partial charge in [0.2, 0.25) is 0 Å². The van der Waals surface area contributed by atoms with Gasteiger partial charge < -0.3 is 0 Å². The summed E-state index contributed by atoms with van der Waals surface area (Å²) in [6.07, 6.45) is 11.1. The minimum absolute atomic E-state index is 1.14. The highest BCUT2D eigenvalue weighted by atomic mass is 79.9. The fraction of sp³-hybridized carbons (Fsp3) is 0.556. The van der Waals surface area contributed by atoms with E-state index in [1.54, 1.807) is 0 Å². The lowest BCUT2D eigenvalue weighted by Gasteiger charge is -1.91. The average molecular weight is 203 g/mol. The number of hydrogen-bond acceptors (Lipinski definition) is 0. The molecule has 0 atom stereocenters. The standard InChI is InChI=1S/C9H15Br/c1-2-3-4-5-6-7-8-9-10/h2-4H,1,5-9H2/b4-3+. The molecule has 0 aromatic heterocycles. The van der Waals surface area contributed by atoms with Crippen molar-refractivity contribution in [2.45, 2.75) is 25.7 Å². The molecule has 0 radical (unpaired) electrons. The highest BCUT2D eigenvalue weighted by Crippen LogP contribution is 2.02. The molecule has 0 aliphatic carbocycles. The van der Waals surface area contributed by atoms with Gasteiger partial charge in [-0.25, -0.2) is 0 Å². The molecular formula is C9H15Br. The topological polar surface area (TPSA) is 0 Å². The zero-order chi connectivity index (χ0) is 7.66. The zero-order valence-corrected chi connectivity index (χ0v) is 7.94. The van der Waals surface area contributed by atoms with Crippen LogP contribution in [-0.4, -0.2) is 5.33 Å². The van der Waals surface area contributed by atoms with Crippen LogP contribution in [0.5, 0.6) is 0 Å². The van der Waals surface area contributed by atoms with Crippen molar-refractivity contribution in [1.82, 2.24) is 0 Å². The first-order valence-electron chi connectivity index (χ1n) is 3.75. The van der Waals surface area contributed by atoms with Gasteiger partial charge in [0.05, 0.1) is 0 Å². The molecule has 10 heavy (non-hydrogen) atoms. The maximum Gasteiger partial charge on any atom is 0.00313 e. The summed E-state index contributed by atoms with van der Waals surface area (Å²) < 4.78 is 0. The van der Waals surface area contributed by atoms with Crippen molar-refractivity contribution in [2.75, 3.05) is 5.33 Å². The molecule has 1 heteroatoms. The van der Waals surface area contributed by atoms with E-state index in [1.165, 1.54) is 25.7 Å². The van der Waals surface area contributed by atoms with E-state index in [1.807, 2.05) is 12.2 Å². The summed E-state index contributed by atoms with van der Waals surface area (Å²) in [5.41, 5.74) is 0.